The van der Waals surface area contributed by atoms with Gasteiger partial charge in [-0.2, -0.15) is 0 Å². The Morgan fingerprint density at radius 2 is 1.56 bits per heavy atom. The molecule has 2 heterocycles. The second kappa shape index (κ2) is 3.34. The third-order valence-electron chi connectivity index (χ3n) is 2.92. The van der Waals surface area contributed by atoms with Gasteiger partial charge in [-0.1, -0.05) is 0 Å². The van der Waals surface area contributed by atoms with Gasteiger partial charge < -0.3 is 0 Å². The number of hydrogen-bond acceptors (Lipinski definition) is 1. The number of benzene rings is 2. The van der Waals surface area contributed by atoms with Crippen molar-refractivity contribution in [1.29, 1.82) is 0 Å². The molecule has 2 aromatic carbocycles. The molecule has 0 radical (unpaired) electrons. The molecule has 0 N–H and O–H groups in total. The van der Waals surface area contributed by atoms with Crippen molar-refractivity contribution in [1.82, 2.24) is 0 Å². The first-order valence-electron chi connectivity index (χ1n) is 5.22. The van der Waals surface area contributed by atoms with Crippen LogP contribution in [0.25, 0.3) is 27.0 Å². The van der Waals surface area contributed by atoms with Crippen LogP contribution in [0.5, 0.6) is 0 Å². The van der Waals surface area contributed by atoms with E-state index in [9.17, 15) is 0 Å². The fourth-order valence-corrected chi connectivity index (χ4v) is 7.64. The van der Waals surface area contributed by atoms with Crippen LogP contribution in [0.1, 0.15) is 0 Å². The fraction of sp³-hybridized carbons (Fsp3) is 0. The van der Waals surface area contributed by atoms with Gasteiger partial charge in [0.25, 0.3) is 0 Å². The first kappa shape index (κ1) is 9.24. The van der Waals surface area contributed by atoms with E-state index in [4.69, 9.17) is 0 Å². The zero-order valence-corrected chi connectivity index (χ0v) is 11.6. The van der Waals surface area contributed by atoms with Crippen LogP contribution in [-0.2, 0) is 0 Å². The van der Waals surface area contributed by atoms with Crippen molar-refractivity contribution in [3.8, 4) is 0 Å². The SMILES string of the molecule is c1ccc2c(c1)sc1[te]c3ccccc3c12. The van der Waals surface area contributed by atoms with E-state index in [-0.39, 0.29) is 20.4 Å². The van der Waals surface area contributed by atoms with E-state index in [1.54, 1.807) is 11.5 Å². The number of fused-ring (bicyclic) bond motifs is 5. The average molecular weight is 336 g/mol. The van der Waals surface area contributed by atoms with Gasteiger partial charge in [-0.15, -0.1) is 0 Å². The van der Waals surface area contributed by atoms with Crippen molar-refractivity contribution in [3.63, 3.8) is 0 Å². The maximum absolute atomic E-state index is 2.30. The molecule has 4 aromatic rings. The second-order valence-electron chi connectivity index (χ2n) is 3.86. The summed E-state index contributed by atoms with van der Waals surface area (Å²) in [6.07, 6.45) is 0. The summed E-state index contributed by atoms with van der Waals surface area (Å²) < 4.78 is 4.72. The van der Waals surface area contributed by atoms with E-state index in [0.29, 0.717) is 0 Å². The molecule has 0 saturated heterocycles. The average Bonchev–Trinajstić information content (AvgIpc) is 2.83. The van der Waals surface area contributed by atoms with Crippen LogP contribution in [-0.4, -0.2) is 20.4 Å². The fourth-order valence-electron chi connectivity index (χ4n) is 2.21. The molecule has 0 amide bonds. The third kappa shape index (κ3) is 1.16. The molecule has 0 nitrogen and oxygen atoms in total. The van der Waals surface area contributed by atoms with Crippen molar-refractivity contribution in [2.75, 3.05) is 0 Å². The molecule has 0 fully saturated rings. The molecule has 0 aliphatic heterocycles. The molecule has 76 valence electrons. The molecular weight excluding hydrogens is 328 g/mol. The number of thiophene rings is 1. The quantitative estimate of drug-likeness (QED) is 0.421. The first-order valence-corrected chi connectivity index (χ1v) is 8.37. The monoisotopic (exact) mass is 338 g/mol. The van der Waals surface area contributed by atoms with Crippen molar-refractivity contribution in [2.24, 2.45) is 0 Å². The van der Waals surface area contributed by atoms with Gasteiger partial charge in [-0.05, 0) is 0 Å². The molecule has 0 saturated carbocycles. The van der Waals surface area contributed by atoms with Crippen LogP contribution in [0.3, 0.4) is 0 Å². The van der Waals surface area contributed by atoms with Crippen LogP contribution < -0.4 is 0 Å². The molecule has 0 aliphatic carbocycles. The van der Waals surface area contributed by atoms with Gasteiger partial charge in [0.1, 0.15) is 0 Å². The van der Waals surface area contributed by atoms with Crippen LogP contribution in [0, 0.1) is 0 Å². The molecule has 4 rings (SSSR count). The summed E-state index contributed by atoms with van der Waals surface area (Å²) in [4.78, 5) is 0. The molecule has 0 aliphatic rings. The van der Waals surface area contributed by atoms with Crippen molar-refractivity contribution in [3.05, 3.63) is 48.5 Å². The van der Waals surface area contributed by atoms with E-state index >= 15 is 0 Å². The Balaban J connectivity index is 2.38. The molecule has 0 bridgehead atoms. The molecule has 2 heteroatoms. The normalized spacial score (nSPS) is 11.8. The van der Waals surface area contributed by atoms with E-state index in [0.717, 1.165) is 0 Å². The van der Waals surface area contributed by atoms with E-state index in [1.165, 1.54) is 15.5 Å². The van der Waals surface area contributed by atoms with Gasteiger partial charge in [0.15, 0.2) is 0 Å². The number of hydrogen-bond donors (Lipinski definition) is 0. The Morgan fingerprint density at radius 1 is 0.812 bits per heavy atom. The predicted octanol–water partition coefficient (Wildman–Crippen LogP) is 4.26. The third-order valence-corrected chi connectivity index (χ3v) is 7.92. The Kier molecular flexibility index (Phi) is 1.93. The van der Waals surface area contributed by atoms with Crippen LogP contribution >= 0.6 is 11.3 Å². The summed E-state index contributed by atoms with van der Waals surface area (Å²) in [5.41, 5.74) is 0. The second-order valence-corrected chi connectivity index (χ2v) is 8.72. The summed E-state index contributed by atoms with van der Waals surface area (Å²) in [5.74, 6) is 0. The molecule has 2 aromatic heterocycles. The summed E-state index contributed by atoms with van der Waals surface area (Å²) in [7, 11) is 0. The molecular formula is C14H8STe. The summed E-state index contributed by atoms with van der Waals surface area (Å²) in [6.45, 7) is 0. The van der Waals surface area contributed by atoms with Gasteiger partial charge >= 0.3 is 107 Å². The van der Waals surface area contributed by atoms with E-state index in [1.807, 2.05) is 11.3 Å². The van der Waals surface area contributed by atoms with Crippen LogP contribution in [0.15, 0.2) is 48.5 Å². The Bertz CT molecular complexity index is 742. The molecule has 0 unspecified atom stereocenters. The van der Waals surface area contributed by atoms with Crippen molar-refractivity contribution >= 4 is 58.7 Å². The van der Waals surface area contributed by atoms with Crippen molar-refractivity contribution in [2.45, 2.75) is 0 Å². The maximum atomic E-state index is 2.30. The number of rotatable bonds is 0. The van der Waals surface area contributed by atoms with E-state index < -0.39 is 0 Å². The van der Waals surface area contributed by atoms with E-state index in [2.05, 4.69) is 48.5 Å². The zero-order valence-electron chi connectivity index (χ0n) is 8.44. The molecule has 16 heavy (non-hydrogen) atoms. The van der Waals surface area contributed by atoms with Gasteiger partial charge in [-0.25, -0.2) is 0 Å². The van der Waals surface area contributed by atoms with Gasteiger partial charge in [-0.3, -0.25) is 0 Å². The van der Waals surface area contributed by atoms with Gasteiger partial charge in [0.05, 0.1) is 0 Å². The zero-order chi connectivity index (χ0) is 10.5. The summed E-state index contributed by atoms with van der Waals surface area (Å²) >= 11 is 1.88. The summed E-state index contributed by atoms with van der Waals surface area (Å²) in [5, 5.41) is 4.49. The first-order chi connectivity index (χ1) is 7.93. The summed E-state index contributed by atoms with van der Waals surface area (Å²) in [6, 6.07) is 17.7. The standard InChI is InChI=1S/C14H8STe/c1-3-7-11-9(5-1)13-10-6-2-4-8-12(10)16-14(13)15-11/h1-8H. The van der Waals surface area contributed by atoms with Crippen molar-refractivity contribution < 1.29 is 0 Å². The van der Waals surface area contributed by atoms with Crippen LogP contribution in [0.4, 0.5) is 0 Å². The Morgan fingerprint density at radius 3 is 2.50 bits per heavy atom. The topological polar surface area (TPSA) is 0 Å². The Labute approximate surface area is 107 Å². The van der Waals surface area contributed by atoms with Crippen LogP contribution in [0.2, 0.25) is 0 Å². The Hall–Kier alpha value is -0.810. The van der Waals surface area contributed by atoms with Gasteiger partial charge in [0, 0.05) is 0 Å². The minimum atomic E-state index is -0.116. The minimum absolute atomic E-state index is 0.116. The molecule has 0 spiro atoms. The predicted molar refractivity (Wildman–Crippen MR) is 73.8 cm³/mol. The van der Waals surface area contributed by atoms with Gasteiger partial charge in [0.2, 0.25) is 0 Å². The molecule has 0 atom stereocenters.